The Morgan fingerprint density at radius 3 is 2.03 bits per heavy atom. The zero-order valence-electron chi connectivity index (χ0n) is 18.8. The topological polar surface area (TPSA) is 82.0 Å². The van der Waals surface area contributed by atoms with Crippen molar-refractivity contribution in [2.45, 2.75) is 6.42 Å². The second kappa shape index (κ2) is 9.50. The fraction of sp³-hybridized carbons (Fsp3) is 0.0333. The molecular formula is C30H21N3O2. The van der Waals surface area contributed by atoms with Gasteiger partial charge in [-0.2, -0.15) is 5.26 Å². The highest BCUT2D eigenvalue weighted by Crippen LogP contribution is 2.31. The predicted octanol–water partition coefficient (Wildman–Crippen LogP) is 5.81. The molecule has 0 bridgehead atoms. The van der Waals surface area contributed by atoms with Crippen LogP contribution in [0.5, 0.6) is 0 Å². The van der Waals surface area contributed by atoms with E-state index < -0.39 is 11.8 Å². The minimum absolute atomic E-state index is 0.342. The summed E-state index contributed by atoms with van der Waals surface area (Å²) in [6.45, 7) is 0. The van der Waals surface area contributed by atoms with Gasteiger partial charge in [-0.05, 0) is 52.1 Å². The SMILES string of the molecule is N#CCc1ccc(NC=C2C(=O)NC(=O)c3ccc(-c4ccc(-c5ccccc5)cc4)cc32)cc1. The van der Waals surface area contributed by atoms with E-state index in [0.717, 1.165) is 33.5 Å². The summed E-state index contributed by atoms with van der Waals surface area (Å²) in [6, 6.07) is 33.4. The summed E-state index contributed by atoms with van der Waals surface area (Å²) < 4.78 is 0. The normalized spacial score (nSPS) is 13.6. The van der Waals surface area contributed by atoms with Crippen LogP contribution in [-0.2, 0) is 11.2 Å². The lowest BCUT2D eigenvalue weighted by molar-refractivity contribution is -0.114. The third kappa shape index (κ3) is 4.59. The molecule has 2 amide bonds. The van der Waals surface area contributed by atoms with E-state index in [1.807, 2.05) is 66.7 Å². The van der Waals surface area contributed by atoms with Gasteiger partial charge in [-0.3, -0.25) is 14.9 Å². The number of fused-ring (bicyclic) bond motifs is 1. The summed E-state index contributed by atoms with van der Waals surface area (Å²) in [7, 11) is 0. The number of amides is 2. The molecule has 5 nitrogen and oxygen atoms in total. The first-order chi connectivity index (χ1) is 17.1. The Bertz CT molecular complexity index is 1480. The molecular weight excluding hydrogens is 434 g/mol. The number of carbonyl (C=O) groups is 2. The van der Waals surface area contributed by atoms with E-state index in [-0.39, 0.29) is 0 Å². The minimum Gasteiger partial charge on any atom is -0.361 e. The Hall–Kier alpha value is -4.95. The van der Waals surface area contributed by atoms with Crippen molar-refractivity contribution < 1.29 is 9.59 Å². The molecule has 5 rings (SSSR count). The van der Waals surface area contributed by atoms with Crippen molar-refractivity contribution in [3.63, 3.8) is 0 Å². The van der Waals surface area contributed by atoms with Crippen LogP contribution in [-0.4, -0.2) is 11.8 Å². The second-order valence-corrected chi connectivity index (χ2v) is 8.22. The van der Waals surface area contributed by atoms with Crippen LogP contribution in [0.1, 0.15) is 21.5 Å². The zero-order valence-corrected chi connectivity index (χ0v) is 18.8. The molecule has 1 aliphatic rings. The molecule has 0 unspecified atom stereocenters. The van der Waals surface area contributed by atoms with Crippen LogP contribution in [0.15, 0.2) is 103 Å². The first-order valence-corrected chi connectivity index (χ1v) is 11.2. The summed E-state index contributed by atoms with van der Waals surface area (Å²) in [6.07, 6.45) is 1.95. The van der Waals surface area contributed by atoms with Crippen LogP contribution < -0.4 is 10.6 Å². The smallest absolute Gasteiger partial charge is 0.260 e. The van der Waals surface area contributed by atoms with Gasteiger partial charge in [0.1, 0.15) is 0 Å². The maximum absolute atomic E-state index is 12.7. The number of imide groups is 1. The summed E-state index contributed by atoms with van der Waals surface area (Å²) in [5.41, 5.74) is 7.27. The molecule has 0 aromatic heterocycles. The summed E-state index contributed by atoms with van der Waals surface area (Å²) in [5, 5.41) is 14.4. The van der Waals surface area contributed by atoms with Gasteiger partial charge in [0, 0.05) is 23.0 Å². The number of nitrogens with zero attached hydrogens (tertiary/aromatic N) is 1. The number of anilines is 1. The van der Waals surface area contributed by atoms with Gasteiger partial charge in [0.05, 0.1) is 18.1 Å². The van der Waals surface area contributed by atoms with Crippen LogP contribution in [0.3, 0.4) is 0 Å². The molecule has 0 radical (unpaired) electrons. The first kappa shape index (κ1) is 21.9. The van der Waals surface area contributed by atoms with Gasteiger partial charge in [-0.25, -0.2) is 0 Å². The van der Waals surface area contributed by atoms with Crippen LogP contribution >= 0.6 is 0 Å². The molecule has 0 spiro atoms. The van der Waals surface area contributed by atoms with E-state index in [1.165, 1.54) is 0 Å². The number of nitrogens with one attached hydrogen (secondary N) is 2. The van der Waals surface area contributed by atoms with Gasteiger partial charge >= 0.3 is 0 Å². The van der Waals surface area contributed by atoms with Crippen LogP contribution in [0.25, 0.3) is 27.8 Å². The third-order valence-electron chi connectivity index (χ3n) is 5.97. The molecule has 35 heavy (non-hydrogen) atoms. The van der Waals surface area contributed by atoms with Crippen molar-refractivity contribution in [3.05, 3.63) is 120 Å². The lowest BCUT2D eigenvalue weighted by Crippen LogP contribution is -2.36. The molecule has 1 heterocycles. The molecule has 0 saturated heterocycles. The Labute approximate surface area is 203 Å². The Morgan fingerprint density at radius 1 is 0.714 bits per heavy atom. The molecule has 2 N–H and O–H groups in total. The zero-order chi connectivity index (χ0) is 24.2. The predicted molar refractivity (Wildman–Crippen MR) is 137 cm³/mol. The standard InChI is InChI=1S/C30H21N3O2/c31-17-16-20-6-13-25(14-7-20)32-19-28-27-18-24(12-15-26(27)29(34)33-30(28)35)23-10-8-22(9-11-23)21-4-2-1-3-5-21/h1-15,18-19,32H,16H2,(H,33,34,35). The van der Waals surface area contributed by atoms with Crippen molar-refractivity contribution in [1.82, 2.24) is 5.32 Å². The number of carbonyl (C=O) groups excluding carboxylic acids is 2. The van der Waals surface area contributed by atoms with Crippen molar-refractivity contribution >= 4 is 23.1 Å². The highest BCUT2D eigenvalue weighted by molar-refractivity contribution is 6.31. The van der Waals surface area contributed by atoms with Crippen LogP contribution in [0.2, 0.25) is 0 Å². The molecule has 0 atom stereocenters. The molecule has 4 aromatic carbocycles. The molecule has 168 valence electrons. The van der Waals surface area contributed by atoms with Crippen molar-refractivity contribution in [2.24, 2.45) is 0 Å². The van der Waals surface area contributed by atoms with Crippen molar-refractivity contribution in [2.75, 3.05) is 5.32 Å². The number of benzene rings is 4. The number of nitriles is 1. The lowest BCUT2D eigenvalue weighted by Gasteiger charge is -2.19. The molecule has 0 fully saturated rings. The van der Waals surface area contributed by atoms with E-state index in [0.29, 0.717) is 23.1 Å². The highest BCUT2D eigenvalue weighted by atomic mass is 16.2. The van der Waals surface area contributed by atoms with Gasteiger partial charge in [0.25, 0.3) is 11.8 Å². The quantitative estimate of drug-likeness (QED) is 0.294. The van der Waals surface area contributed by atoms with E-state index in [4.69, 9.17) is 5.26 Å². The maximum Gasteiger partial charge on any atom is 0.260 e. The third-order valence-corrected chi connectivity index (χ3v) is 5.97. The average molecular weight is 456 g/mol. The van der Waals surface area contributed by atoms with Crippen LogP contribution in [0.4, 0.5) is 5.69 Å². The van der Waals surface area contributed by atoms with E-state index in [1.54, 1.807) is 12.3 Å². The van der Waals surface area contributed by atoms with Gasteiger partial charge in [-0.15, -0.1) is 0 Å². The lowest BCUT2D eigenvalue weighted by atomic mass is 9.91. The van der Waals surface area contributed by atoms with Crippen molar-refractivity contribution in [3.8, 4) is 28.3 Å². The summed E-state index contributed by atoms with van der Waals surface area (Å²) in [4.78, 5) is 25.2. The van der Waals surface area contributed by atoms with Gasteiger partial charge in [0.15, 0.2) is 0 Å². The Kier molecular flexibility index (Phi) is 5.94. The van der Waals surface area contributed by atoms with Gasteiger partial charge in [-0.1, -0.05) is 72.8 Å². The van der Waals surface area contributed by atoms with Gasteiger partial charge in [0.2, 0.25) is 0 Å². The number of hydrogen-bond donors (Lipinski definition) is 2. The van der Waals surface area contributed by atoms with Crippen molar-refractivity contribution in [1.29, 1.82) is 5.26 Å². The fourth-order valence-electron chi connectivity index (χ4n) is 4.10. The monoisotopic (exact) mass is 455 g/mol. The van der Waals surface area contributed by atoms with E-state index in [9.17, 15) is 9.59 Å². The summed E-state index contributed by atoms with van der Waals surface area (Å²) in [5.74, 6) is -0.860. The molecule has 4 aromatic rings. The molecule has 0 saturated carbocycles. The largest absolute Gasteiger partial charge is 0.361 e. The average Bonchev–Trinajstić information content (AvgIpc) is 2.90. The highest BCUT2D eigenvalue weighted by Gasteiger charge is 2.27. The number of hydrogen-bond acceptors (Lipinski definition) is 4. The van der Waals surface area contributed by atoms with E-state index >= 15 is 0 Å². The second-order valence-electron chi connectivity index (χ2n) is 8.22. The Morgan fingerprint density at radius 2 is 1.34 bits per heavy atom. The van der Waals surface area contributed by atoms with Gasteiger partial charge < -0.3 is 5.32 Å². The maximum atomic E-state index is 12.7. The number of rotatable bonds is 5. The van der Waals surface area contributed by atoms with E-state index in [2.05, 4.69) is 41.0 Å². The summed E-state index contributed by atoms with van der Waals surface area (Å²) >= 11 is 0. The van der Waals surface area contributed by atoms with Crippen LogP contribution in [0, 0.1) is 11.3 Å². The molecule has 0 aliphatic carbocycles. The molecule has 1 aliphatic heterocycles. The Balaban J connectivity index is 1.46. The minimum atomic E-state index is -0.451. The molecule has 5 heteroatoms. The first-order valence-electron chi connectivity index (χ1n) is 11.2. The fourth-order valence-corrected chi connectivity index (χ4v) is 4.10.